The van der Waals surface area contributed by atoms with Crippen LogP contribution in [0.25, 0.3) is 5.78 Å². The van der Waals surface area contributed by atoms with Crippen LogP contribution in [0.15, 0.2) is 29.1 Å². The van der Waals surface area contributed by atoms with Gasteiger partial charge in [0.1, 0.15) is 0 Å². The molecule has 5 heterocycles. The average molecular weight is 364 g/mol. The van der Waals surface area contributed by atoms with Gasteiger partial charge >= 0.3 is 0 Å². The maximum absolute atomic E-state index is 13.1. The van der Waals surface area contributed by atoms with Gasteiger partial charge in [-0.05, 0) is 38.3 Å². The number of hydrogen-bond donors (Lipinski definition) is 0. The maximum atomic E-state index is 13.1. The van der Waals surface area contributed by atoms with Crippen molar-refractivity contribution in [2.24, 2.45) is 5.92 Å². The van der Waals surface area contributed by atoms with Crippen LogP contribution in [0.2, 0.25) is 0 Å². The molecule has 2 atom stereocenters. The number of aromatic nitrogens is 5. The molecule has 8 nitrogen and oxygen atoms in total. The minimum atomic E-state index is -0.168. The molecule has 3 aromatic heterocycles. The van der Waals surface area contributed by atoms with Crippen molar-refractivity contribution in [1.29, 1.82) is 0 Å². The molecule has 5 rings (SSSR count). The highest BCUT2D eigenvalue weighted by Gasteiger charge is 2.37. The fourth-order valence-corrected chi connectivity index (χ4v) is 4.46. The number of rotatable bonds is 1. The molecule has 0 spiro atoms. The Morgan fingerprint density at radius 2 is 2.00 bits per heavy atom. The molecule has 8 heteroatoms. The predicted molar refractivity (Wildman–Crippen MR) is 97.7 cm³/mol. The zero-order chi connectivity index (χ0) is 18.7. The van der Waals surface area contributed by atoms with Crippen molar-refractivity contribution < 1.29 is 4.79 Å². The van der Waals surface area contributed by atoms with Crippen molar-refractivity contribution in [3.63, 3.8) is 0 Å². The molecule has 1 amide bonds. The molecule has 0 N–H and O–H groups in total. The first-order valence-corrected chi connectivity index (χ1v) is 9.19. The highest BCUT2D eigenvalue weighted by Crippen LogP contribution is 2.35. The molecule has 2 aliphatic rings. The largest absolute Gasteiger partial charge is 0.335 e. The minimum absolute atomic E-state index is 0.0425. The second-order valence-corrected chi connectivity index (χ2v) is 7.59. The van der Waals surface area contributed by atoms with Crippen LogP contribution >= 0.6 is 0 Å². The Morgan fingerprint density at radius 1 is 1.15 bits per heavy atom. The number of nitrogens with zero attached hydrogens (tertiary/aromatic N) is 6. The van der Waals surface area contributed by atoms with Gasteiger partial charge in [-0.3, -0.25) is 9.59 Å². The molecular weight excluding hydrogens is 344 g/mol. The van der Waals surface area contributed by atoms with Gasteiger partial charge in [0.15, 0.2) is 0 Å². The summed E-state index contributed by atoms with van der Waals surface area (Å²) in [6.45, 7) is 5.68. The zero-order valence-corrected chi connectivity index (χ0v) is 15.3. The van der Waals surface area contributed by atoms with Gasteiger partial charge in [0.25, 0.3) is 17.2 Å². The first kappa shape index (κ1) is 16.2. The number of amides is 1. The van der Waals surface area contributed by atoms with Crippen LogP contribution in [0.4, 0.5) is 0 Å². The second-order valence-electron chi connectivity index (χ2n) is 7.59. The quantitative estimate of drug-likeness (QED) is 0.647. The number of likely N-dealkylation sites (tertiary alicyclic amines) is 1. The van der Waals surface area contributed by atoms with E-state index in [0.29, 0.717) is 25.4 Å². The topological polar surface area (TPSA) is 85.4 Å². The molecule has 1 saturated heterocycles. The van der Waals surface area contributed by atoms with E-state index in [0.717, 1.165) is 23.5 Å². The number of hydrogen-bond acceptors (Lipinski definition) is 5. The molecule has 0 aromatic carbocycles. The summed E-state index contributed by atoms with van der Waals surface area (Å²) in [5.74, 6) is 0.916. The van der Waals surface area contributed by atoms with Gasteiger partial charge in [-0.2, -0.15) is 4.98 Å². The van der Waals surface area contributed by atoms with E-state index >= 15 is 0 Å². The molecule has 0 saturated carbocycles. The number of carbonyl (C=O) groups is 1. The van der Waals surface area contributed by atoms with E-state index in [2.05, 4.69) is 15.1 Å². The van der Waals surface area contributed by atoms with Crippen molar-refractivity contribution >= 4 is 11.7 Å². The van der Waals surface area contributed by atoms with Crippen molar-refractivity contribution in [3.05, 3.63) is 57.5 Å². The van der Waals surface area contributed by atoms with Gasteiger partial charge in [-0.15, -0.1) is 5.10 Å². The Balaban J connectivity index is 1.47. The first-order chi connectivity index (χ1) is 13.0. The zero-order valence-electron chi connectivity index (χ0n) is 15.3. The minimum Gasteiger partial charge on any atom is -0.335 e. The number of pyridine rings is 1. The average Bonchev–Trinajstić information content (AvgIpc) is 3.06. The van der Waals surface area contributed by atoms with E-state index in [1.165, 1.54) is 0 Å². The van der Waals surface area contributed by atoms with Crippen LogP contribution in [0, 0.1) is 19.8 Å². The van der Waals surface area contributed by atoms with E-state index < -0.39 is 0 Å². The van der Waals surface area contributed by atoms with Gasteiger partial charge in [-0.1, -0.05) is 6.07 Å². The monoisotopic (exact) mass is 364 g/mol. The molecular formula is C19H20N6O2. The smallest absolute Gasteiger partial charge is 0.293 e. The summed E-state index contributed by atoms with van der Waals surface area (Å²) in [4.78, 5) is 35.8. The maximum Gasteiger partial charge on any atom is 0.293 e. The SMILES string of the molecule is Cc1cc(C)n2nc(C(=O)N3C[C@H]4C[C@@H](C3)c3cccc(=O)n3C4)nc2n1. The summed E-state index contributed by atoms with van der Waals surface area (Å²) in [7, 11) is 0. The van der Waals surface area contributed by atoms with Crippen LogP contribution < -0.4 is 5.56 Å². The normalized spacial score (nSPS) is 21.3. The Kier molecular flexibility index (Phi) is 3.43. The summed E-state index contributed by atoms with van der Waals surface area (Å²) in [5, 5.41) is 4.38. The lowest BCUT2D eigenvalue weighted by molar-refractivity contribution is 0.0583. The Bertz CT molecular complexity index is 1130. The molecule has 138 valence electrons. The molecule has 2 bridgehead atoms. The standard InChI is InChI=1S/C19H20N6O2/c1-11-6-12(2)25-19(20-11)21-17(22-25)18(27)23-8-13-7-14(10-23)15-4-3-5-16(26)24(15)9-13/h3-6,13-14H,7-10H2,1-2H3/t13-,14+/m1/s1. The number of aryl methyl sites for hydroxylation is 2. The lowest BCUT2D eigenvalue weighted by atomic mass is 9.83. The van der Waals surface area contributed by atoms with Crippen LogP contribution in [0.3, 0.4) is 0 Å². The highest BCUT2D eigenvalue weighted by atomic mass is 16.2. The Hall–Kier alpha value is -3.03. The van der Waals surface area contributed by atoms with Crippen molar-refractivity contribution in [1.82, 2.24) is 29.0 Å². The number of fused-ring (bicyclic) bond motifs is 5. The van der Waals surface area contributed by atoms with Gasteiger partial charge in [0, 0.05) is 48.7 Å². The lowest BCUT2D eigenvalue weighted by Gasteiger charge is -2.42. The number of carbonyl (C=O) groups excluding carboxylic acids is 1. The van der Waals surface area contributed by atoms with Crippen LogP contribution in [0.5, 0.6) is 0 Å². The first-order valence-electron chi connectivity index (χ1n) is 9.19. The molecule has 2 aliphatic heterocycles. The molecule has 1 fully saturated rings. The third-order valence-corrected chi connectivity index (χ3v) is 5.58. The lowest BCUT2D eigenvalue weighted by Crippen LogP contribution is -2.49. The third-order valence-electron chi connectivity index (χ3n) is 5.58. The molecule has 27 heavy (non-hydrogen) atoms. The summed E-state index contributed by atoms with van der Waals surface area (Å²) < 4.78 is 3.47. The summed E-state index contributed by atoms with van der Waals surface area (Å²) in [5.41, 5.74) is 2.81. The van der Waals surface area contributed by atoms with Gasteiger partial charge < -0.3 is 9.47 Å². The Labute approximate surface area is 155 Å². The molecule has 3 aromatic rings. The summed E-state index contributed by atoms with van der Waals surface area (Å²) >= 11 is 0. The fraction of sp³-hybridized carbons (Fsp3) is 0.421. The number of piperidine rings is 1. The highest BCUT2D eigenvalue weighted by molar-refractivity contribution is 5.91. The van der Waals surface area contributed by atoms with Gasteiger partial charge in [0.2, 0.25) is 5.82 Å². The van der Waals surface area contributed by atoms with Crippen LogP contribution in [0.1, 0.15) is 40.0 Å². The van der Waals surface area contributed by atoms with Crippen LogP contribution in [-0.2, 0) is 6.54 Å². The predicted octanol–water partition coefficient (Wildman–Crippen LogP) is 1.16. The van der Waals surface area contributed by atoms with Gasteiger partial charge in [-0.25, -0.2) is 9.50 Å². The van der Waals surface area contributed by atoms with E-state index in [4.69, 9.17) is 0 Å². The van der Waals surface area contributed by atoms with Crippen molar-refractivity contribution in [3.8, 4) is 0 Å². The summed E-state index contributed by atoms with van der Waals surface area (Å²) in [6, 6.07) is 7.31. The van der Waals surface area contributed by atoms with E-state index in [1.807, 2.05) is 35.4 Å². The fourth-order valence-electron chi connectivity index (χ4n) is 4.46. The molecule has 0 radical (unpaired) electrons. The second kappa shape index (κ2) is 5.73. The molecule has 0 aliphatic carbocycles. The van der Waals surface area contributed by atoms with E-state index in [1.54, 1.807) is 16.6 Å². The van der Waals surface area contributed by atoms with E-state index in [9.17, 15) is 9.59 Å². The van der Waals surface area contributed by atoms with Gasteiger partial charge in [0.05, 0.1) is 0 Å². The Morgan fingerprint density at radius 3 is 2.85 bits per heavy atom. The molecule has 0 unspecified atom stereocenters. The summed E-state index contributed by atoms with van der Waals surface area (Å²) in [6.07, 6.45) is 1.01. The van der Waals surface area contributed by atoms with Crippen molar-refractivity contribution in [2.75, 3.05) is 13.1 Å². The van der Waals surface area contributed by atoms with Crippen molar-refractivity contribution in [2.45, 2.75) is 32.7 Å². The third kappa shape index (κ3) is 2.55. The van der Waals surface area contributed by atoms with Crippen LogP contribution in [-0.4, -0.2) is 48.0 Å². The van der Waals surface area contributed by atoms with E-state index in [-0.39, 0.29) is 29.1 Å².